The van der Waals surface area contributed by atoms with Gasteiger partial charge in [-0.05, 0) is 50.7 Å². The minimum Gasteiger partial charge on any atom is -0.342 e. The topological polar surface area (TPSA) is 62.5 Å². The minimum absolute atomic E-state index is 0.155. The molecular formula is C20H27N5O. The molecule has 26 heavy (non-hydrogen) atoms. The molecule has 2 aromatic heterocycles. The molecule has 3 aliphatic rings. The molecule has 5 rings (SSSR count). The predicted molar refractivity (Wildman–Crippen MR) is 98.8 cm³/mol. The smallest absolute Gasteiger partial charge is 0.230 e. The Morgan fingerprint density at radius 3 is 2.77 bits per heavy atom. The Morgan fingerprint density at radius 1 is 1.23 bits per heavy atom. The second-order valence-electron chi connectivity index (χ2n) is 8.26. The van der Waals surface area contributed by atoms with Gasteiger partial charge in [0, 0.05) is 37.3 Å². The summed E-state index contributed by atoms with van der Waals surface area (Å²) in [5, 5.41) is 12.4. The fourth-order valence-corrected chi connectivity index (χ4v) is 5.57. The summed E-state index contributed by atoms with van der Waals surface area (Å²) >= 11 is 0. The van der Waals surface area contributed by atoms with E-state index >= 15 is 0 Å². The van der Waals surface area contributed by atoms with E-state index in [1.54, 1.807) is 0 Å². The maximum Gasteiger partial charge on any atom is 0.230 e. The summed E-state index contributed by atoms with van der Waals surface area (Å²) < 4.78 is 2.09. The zero-order chi connectivity index (χ0) is 17.7. The second kappa shape index (κ2) is 6.05. The Labute approximate surface area is 154 Å². The van der Waals surface area contributed by atoms with E-state index in [9.17, 15) is 4.79 Å². The lowest BCUT2D eigenvalue weighted by Gasteiger charge is -2.41. The Morgan fingerprint density at radius 2 is 2.08 bits per heavy atom. The maximum atomic E-state index is 13.4. The van der Waals surface area contributed by atoms with Crippen molar-refractivity contribution in [1.29, 1.82) is 0 Å². The highest BCUT2D eigenvalue weighted by atomic mass is 16.2. The minimum atomic E-state index is -0.155. The molecule has 2 bridgehead atoms. The fraction of sp³-hybridized carbons (Fsp3) is 0.650. The van der Waals surface area contributed by atoms with Crippen molar-refractivity contribution in [2.75, 3.05) is 13.1 Å². The van der Waals surface area contributed by atoms with Gasteiger partial charge in [0.25, 0.3) is 0 Å². The Bertz CT molecular complexity index is 824. The zero-order valence-electron chi connectivity index (χ0n) is 15.4. The predicted octanol–water partition coefficient (Wildman–Crippen LogP) is 2.36. The number of fused-ring (bicyclic) bond motifs is 3. The summed E-state index contributed by atoms with van der Waals surface area (Å²) in [6.07, 6.45) is 8.37. The Balaban J connectivity index is 1.30. The van der Waals surface area contributed by atoms with Gasteiger partial charge in [0.2, 0.25) is 5.91 Å². The van der Waals surface area contributed by atoms with Crippen molar-refractivity contribution in [2.24, 2.45) is 5.41 Å². The molecule has 0 unspecified atom stereocenters. The van der Waals surface area contributed by atoms with E-state index in [0.29, 0.717) is 23.9 Å². The lowest BCUT2D eigenvalue weighted by molar-refractivity contribution is -0.145. The van der Waals surface area contributed by atoms with E-state index < -0.39 is 0 Å². The third-order valence-electron chi connectivity index (χ3n) is 7.06. The highest BCUT2D eigenvalue weighted by molar-refractivity contribution is 5.84. The van der Waals surface area contributed by atoms with Crippen LogP contribution in [-0.4, -0.2) is 50.6 Å². The van der Waals surface area contributed by atoms with Crippen LogP contribution in [0, 0.1) is 5.41 Å². The molecule has 1 N–H and O–H groups in total. The van der Waals surface area contributed by atoms with Crippen LogP contribution < -0.4 is 5.32 Å². The van der Waals surface area contributed by atoms with Crippen molar-refractivity contribution in [3.05, 3.63) is 30.2 Å². The second-order valence-corrected chi connectivity index (χ2v) is 8.26. The van der Waals surface area contributed by atoms with Gasteiger partial charge in [0.05, 0.1) is 5.41 Å². The maximum absolute atomic E-state index is 13.4. The molecule has 3 fully saturated rings. The van der Waals surface area contributed by atoms with Gasteiger partial charge in [-0.2, -0.15) is 0 Å². The number of hydrogen-bond donors (Lipinski definition) is 1. The number of hydrogen-bond acceptors (Lipinski definition) is 4. The summed E-state index contributed by atoms with van der Waals surface area (Å²) in [7, 11) is 0. The number of aromatic nitrogens is 3. The molecule has 3 saturated heterocycles. The van der Waals surface area contributed by atoms with Gasteiger partial charge < -0.3 is 10.2 Å². The molecular weight excluding hydrogens is 326 g/mol. The quantitative estimate of drug-likeness (QED) is 0.920. The molecule has 6 heteroatoms. The van der Waals surface area contributed by atoms with Crippen LogP contribution in [0.3, 0.4) is 0 Å². The molecule has 0 aromatic carbocycles. The van der Waals surface area contributed by atoms with Gasteiger partial charge in [0.1, 0.15) is 5.82 Å². The van der Waals surface area contributed by atoms with Crippen LogP contribution in [0.1, 0.15) is 57.2 Å². The number of rotatable bonds is 3. The molecule has 0 spiro atoms. The monoisotopic (exact) mass is 353 g/mol. The summed E-state index contributed by atoms with van der Waals surface area (Å²) in [6.45, 7) is 3.87. The number of likely N-dealkylation sites (tertiary alicyclic amines) is 1. The lowest BCUT2D eigenvalue weighted by atomic mass is 9.70. The van der Waals surface area contributed by atoms with Gasteiger partial charge >= 0.3 is 0 Å². The van der Waals surface area contributed by atoms with Crippen LogP contribution in [0.4, 0.5) is 0 Å². The van der Waals surface area contributed by atoms with E-state index in [-0.39, 0.29) is 5.41 Å². The molecule has 138 valence electrons. The number of nitrogens with zero attached hydrogens (tertiary/aromatic N) is 4. The van der Waals surface area contributed by atoms with E-state index in [0.717, 1.165) is 56.7 Å². The van der Waals surface area contributed by atoms with Crippen molar-refractivity contribution in [2.45, 2.75) is 63.5 Å². The molecule has 3 aliphatic heterocycles. The van der Waals surface area contributed by atoms with E-state index in [2.05, 4.69) is 31.7 Å². The molecule has 0 saturated carbocycles. The normalized spacial score (nSPS) is 31.8. The fourth-order valence-electron chi connectivity index (χ4n) is 5.57. The summed E-state index contributed by atoms with van der Waals surface area (Å²) in [5.74, 6) is 1.82. The van der Waals surface area contributed by atoms with Crippen molar-refractivity contribution in [3.63, 3.8) is 0 Å². The highest BCUT2D eigenvalue weighted by Crippen LogP contribution is 2.47. The summed E-state index contributed by atoms with van der Waals surface area (Å²) in [4.78, 5) is 15.5. The molecule has 3 atom stereocenters. The average molecular weight is 353 g/mol. The van der Waals surface area contributed by atoms with Gasteiger partial charge in [-0.1, -0.05) is 13.0 Å². The van der Waals surface area contributed by atoms with Gasteiger partial charge in [-0.3, -0.25) is 9.20 Å². The van der Waals surface area contributed by atoms with Crippen LogP contribution in [0.5, 0.6) is 0 Å². The Hall–Kier alpha value is -1.95. The first kappa shape index (κ1) is 16.2. The summed E-state index contributed by atoms with van der Waals surface area (Å²) in [5.41, 5.74) is 0.746. The standard InChI is InChI=1S/C20H27N5O/c1-2-20(13-15-6-7-16(20)21-15)19(26)24-11-8-14(9-12-24)18-23-22-17-5-3-4-10-25(17)18/h3-5,10,14-16,21H,2,6-9,11-13H2,1H3/t15-,16+,20+/m0/s1. The molecule has 5 heterocycles. The number of pyridine rings is 1. The summed E-state index contributed by atoms with van der Waals surface area (Å²) in [6, 6.07) is 6.95. The first-order chi connectivity index (χ1) is 12.7. The van der Waals surface area contributed by atoms with Crippen LogP contribution in [-0.2, 0) is 4.79 Å². The van der Waals surface area contributed by atoms with E-state index in [4.69, 9.17) is 0 Å². The largest absolute Gasteiger partial charge is 0.342 e. The Kier molecular flexibility index (Phi) is 3.78. The highest BCUT2D eigenvalue weighted by Gasteiger charge is 2.55. The molecule has 2 aromatic rings. The number of amides is 1. The van der Waals surface area contributed by atoms with Gasteiger partial charge in [-0.15, -0.1) is 10.2 Å². The molecule has 0 radical (unpaired) electrons. The molecule has 1 amide bonds. The van der Waals surface area contributed by atoms with Crippen molar-refractivity contribution in [1.82, 2.24) is 24.8 Å². The number of piperidine rings is 1. The number of nitrogens with one attached hydrogen (secondary N) is 1. The van der Waals surface area contributed by atoms with Crippen molar-refractivity contribution in [3.8, 4) is 0 Å². The van der Waals surface area contributed by atoms with Gasteiger partial charge in [0.15, 0.2) is 5.65 Å². The number of carbonyl (C=O) groups excluding carboxylic acids is 1. The molecule has 6 nitrogen and oxygen atoms in total. The van der Waals surface area contributed by atoms with E-state index in [1.807, 2.05) is 24.4 Å². The average Bonchev–Trinajstić information content (AvgIpc) is 3.42. The van der Waals surface area contributed by atoms with Crippen LogP contribution in [0.2, 0.25) is 0 Å². The number of carbonyl (C=O) groups is 1. The zero-order valence-corrected chi connectivity index (χ0v) is 15.4. The third-order valence-corrected chi connectivity index (χ3v) is 7.06. The lowest BCUT2D eigenvalue weighted by Crippen LogP contribution is -2.52. The third kappa shape index (κ3) is 2.31. The SMILES string of the molecule is CC[C@@]1(C(=O)N2CCC(c3nnc4ccccn34)CC2)C[C@@H]2CC[C@H]1N2. The van der Waals surface area contributed by atoms with Crippen molar-refractivity contribution < 1.29 is 4.79 Å². The first-order valence-corrected chi connectivity index (χ1v) is 10.1. The van der Waals surface area contributed by atoms with E-state index in [1.165, 1.54) is 6.42 Å². The van der Waals surface area contributed by atoms with Gasteiger partial charge in [-0.25, -0.2) is 0 Å². The van der Waals surface area contributed by atoms with Crippen molar-refractivity contribution >= 4 is 11.6 Å². The van der Waals surface area contributed by atoms with Crippen LogP contribution >= 0.6 is 0 Å². The van der Waals surface area contributed by atoms with Crippen LogP contribution in [0.15, 0.2) is 24.4 Å². The van der Waals surface area contributed by atoms with Crippen LogP contribution in [0.25, 0.3) is 5.65 Å². The first-order valence-electron chi connectivity index (χ1n) is 10.1. The molecule has 0 aliphatic carbocycles.